The van der Waals surface area contributed by atoms with Crippen LogP contribution in [0.15, 0.2) is 21.8 Å². The zero-order valence-corrected chi connectivity index (χ0v) is 22.4. The smallest absolute Gasteiger partial charge is 0.407 e. The summed E-state index contributed by atoms with van der Waals surface area (Å²) in [5.41, 5.74) is 4.40. The fourth-order valence-corrected chi connectivity index (χ4v) is 5.12. The van der Waals surface area contributed by atoms with Crippen LogP contribution in [0.4, 0.5) is 9.93 Å². The second-order valence-corrected chi connectivity index (χ2v) is 10.9. The number of rotatable bonds is 8. The lowest BCUT2D eigenvalue weighted by atomic mass is 9.98. The van der Waals surface area contributed by atoms with Gasteiger partial charge in [-0.3, -0.25) is 19.3 Å². The molecule has 2 atom stereocenters. The Hall–Kier alpha value is -3.86. The van der Waals surface area contributed by atoms with E-state index in [-0.39, 0.29) is 34.5 Å². The largest absolute Gasteiger partial charge is 0.445 e. The van der Waals surface area contributed by atoms with Crippen LogP contribution in [0.25, 0.3) is 0 Å². The molecule has 3 amide bonds. The molecule has 0 saturated carbocycles. The van der Waals surface area contributed by atoms with E-state index in [0.717, 1.165) is 16.2 Å². The van der Waals surface area contributed by atoms with E-state index in [1.54, 1.807) is 20.8 Å². The maximum Gasteiger partial charge on any atom is 0.407 e. The zero-order valence-electron chi connectivity index (χ0n) is 20.8. The van der Waals surface area contributed by atoms with E-state index in [0.29, 0.717) is 0 Å². The number of β-lactam (4-membered cyclic amide) rings is 1. The average molecular weight is 571 g/mol. The molecule has 1 fully saturated rings. The van der Waals surface area contributed by atoms with Crippen LogP contribution in [0, 0.1) is 5.41 Å². The number of alkyl carbamates (subject to hydrolysis) is 1. The molecule has 2 aliphatic heterocycles. The van der Waals surface area contributed by atoms with Crippen LogP contribution in [0.2, 0.25) is 0 Å². The molecule has 1 aromatic heterocycles. The van der Waals surface area contributed by atoms with E-state index in [1.165, 1.54) is 24.2 Å². The Morgan fingerprint density at radius 3 is 2.55 bits per heavy atom. The van der Waals surface area contributed by atoms with Crippen LogP contribution in [0.3, 0.4) is 0 Å². The van der Waals surface area contributed by atoms with E-state index in [4.69, 9.17) is 19.9 Å². The van der Waals surface area contributed by atoms with Gasteiger partial charge in [-0.05, 0) is 20.8 Å². The molecule has 0 spiro atoms. The highest BCUT2D eigenvalue weighted by molar-refractivity contribution is 8.00. The number of esters is 2. The first-order chi connectivity index (χ1) is 17.9. The summed E-state index contributed by atoms with van der Waals surface area (Å²) in [6.07, 6.45) is -0.755. The third-order valence-corrected chi connectivity index (χ3v) is 7.19. The van der Waals surface area contributed by atoms with Crippen LogP contribution in [0.1, 0.15) is 26.5 Å². The van der Waals surface area contributed by atoms with Gasteiger partial charge >= 0.3 is 18.0 Å². The van der Waals surface area contributed by atoms with E-state index in [9.17, 15) is 29.2 Å². The number of thioether (sulfide) groups is 1. The first-order valence-electron chi connectivity index (χ1n) is 11.0. The van der Waals surface area contributed by atoms with Gasteiger partial charge in [0.15, 0.2) is 10.8 Å². The molecular formula is C21H26N6O9S2. The van der Waals surface area contributed by atoms with Gasteiger partial charge in [-0.25, -0.2) is 14.6 Å². The summed E-state index contributed by atoms with van der Waals surface area (Å²) < 4.78 is 15.1. The topological polar surface area (TPSA) is 212 Å². The molecule has 206 valence electrons. The normalized spacial score (nSPS) is 19.2. The molecular weight excluding hydrogens is 544 g/mol. The molecule has 0 aromatic carbocycles. The number of hydrogen-bond acceptors (Lipinski definition) is 14. The standard InChI is InChI=1S/C21H26N6O9S2/c1-21(2,3)18(31)36-8-35-17(30)13-9(5-34-20(32)23-4)6-37-16-12(15(29)27(13)16)25-14(28)11(26-33)10-7-38-19(22)24-10/h7,12,16,33H,5-6,8H2,1-4H3,(H2,22,24)(H,23,32)(H,25,28)/b26-11-/t12?,16-/m0/s1. The van der Waals surface area contributed by atoms with Gasteiger partial charge in [0.25, 0.3) is 11.8 Å². The van der Waals surface area contributed by atoms with Gasteiger partial charge in [0, 0.05) is 23.8 Å². The summed E-state index contributed by atoms with van der Waals surface area (Å²) in [6.45, 7) is 3.86. The van der Waals surface area contributed by atoms with Crippen LogP contribution in [0.5, 0.6) is 0 Å². The highest BCUT2D eigenvalue weighted by Crippen LogP contribution is 2.40. The minimum absolute atomic E-state index is 0.0232. The Morgan fingerprint density at radius 1 is 1.26 bits per heavy atom. The van der Waals surface area contributed by atoms with Gasteiger partial charge in [-0.1, -0.05) is 5.16 Å². The van der Waals surface area contributed by atoms with Crippen molar-refractivity contribution in [3.05, 3.63) is 22.3 Å². The Kier molecular flexibility index (Phi) is 8.82. The minimum Gasteiger partial charge on any atom is -0.445 e. The fraction of sp³-hybridized carbons (Fsp3) is 0.476. The Bertz CT molecular complexity index is 1210. The van der Waals surface area contributed by atoms with Gasteiger partial charge < -0.3 is 35.8 Å². The predicted octanol–water partition coefficient (Wildman–Crippen LogP) is 0.00360. The van der Waals surface area contributed by atoms with Crippen molar-refractivity contribution >= 4 is 63.8 Å². The number of nitrogens with zero attached hydrogens (tertiary/aromatic N) is 3. The second kappa shape index (κ2) is 11.7. The van der Waals surface area contributed by atoms with Crippen LogP contribution in [-0.2, 0) is 33.4 Å². The number of amides is 3. The number of oxime groups is 1. The van der Waals surface area contributed by atoms with Gasteiger partial charge in [0.2, 0.25) is 6.79 Å². The number of nitrogens with one attached hydrogen (secondary N) is 2. The molecule has 3 rings (SSSR count). The quantitative estimate of drug-likeness (QED) is 0.0812. The summed E-state index contributed by atoms with van der Waals surface area (Å²) in [7, 11) is 1.36. The van der Waals surface area contributed by atoms with Crippen molar-refractivity contribution in [2.24, 2.45) is 10.6 Å². The van der Waals surface area contributed by atoms with Gasteiger partial charge in [-0.15, -0.1) is 23.1 Å². The lowest BCUT2D eigenvalue weighted by Crippen LogP contribution is -2.71. The van der Waals surface area contributed by atoms with Crippen molar-refractivity contribution in [1.29, 1.82) is 0 Å². The lowest BCUT2D eigenvalue weighted by molar-refractivity contribution is -0.173. The number of hydrogen-bond donors (Lipinski definition) is 4. The highest BCUT2D eigenvalue weighted by atomic mass is 32.2. The third-order valence-electron chi connectivity index (χ3n) is 5.18. The number of anilines is 1. The monoisotopic (exact) mass is 570 g/mol. The SMILES string of the molecule is CNC(=O)OCC1=C(C(=O)OCOC(=O)C(C)(C)C)N2C(=O)C(NC(=O)/C(=N\O)c3csc(N)n3)[C@@H]2SC1. The van der Waals surface area contributed by atoms with Crippen molar-refractivity contribution in [2.75, 3.05) is 31.9 Å². The van der Waals surface area contributed by atoms with E-state index < -0.39 is 59.2 Å². The summed E-state index contributed by atoms with van der Waals surface area (Å²) >= 11 is 2.23. The maximum absolute atomic E-state index is 13.1. The molecule has 1 saturated heterocycles. The van der Waals surface area contributed by atoms with Crippen molar-refractivity contribution < 1.29 is 43.4 Å². The number of nitrogens with two attached hydrogens (primary N) is 1. The molecule has 3 heterocycles. The number of nitrogen functional groups attached to an aromatic ring is 1. The number of thiazole rings is 1. The average Bonchev–Trinajstić information content (AvgIpc) is 3.30. The fourth-order valence-electron chi connectivity index (χ4n) is 3.25. The Labute approximate surface area is 224 Å². The first kappa shape index (κ1) is 28.7. The summed E-state index contributed by atoms with van der Waals surface area (Å²) in [5, 5.41) is 17.9. The predicted molar refractivity (Wildman–Crippen MR) is 134 cm³/mol. The van der Waals surface area contributed by atoms with Crippen molar-refractivity contribution in [3.63, 3.8) is 0 Å². The molecule has 1 aromatic rings. The van der Waals surface area contributed by atoms with Crippen LogP contribution >= 0.6 is 23.1 Å². The molecule has 38 heavy (non-hydrogen) atoms. The van der Waals surface area contributed by atoms with E-state index >= 15 is 0 Å². The zero-order chi connectivity index (χ0) is 28.2. The number of carbonyl (C=O) groups excluding carboxylic acids is 5. The van der Waals surface area contributed by atoms with Crippen LogP contribution < -0.4 is 16.4 Å². The molecule has 1 unspecified atom stereocenters. The maximum atomic E-state index is 13.1. The Balaban J connectivity index is 1.76. The van der Waals surface area contributed by atoms with Gasteiger partial charge in [-0.2, -0.15) is 0 Å². The molecule has 0 radical (unpaired) electrons. The van der Waals surface area contributed by atoms with Crippen LogP contribution in [-0.4, -0.2) is 88.3 Å². The summed E-state index contributed by atoms with van der Waals surface area (Å²) in [4.78, 5) is 67.3. The summed E-state index contributed by atoms with van der Waals surface area (Å²) in [5.74, 6) is -2.99. The first-order valence-corrected chi connectivity index (χ1v) is 12.9. The number of carbonyl (C=O) groups is 5. The van der Waals surface area contributed by atoms with Gasteiger partial charge in [0.1, 0.15) is 29.4 Å². The van der Waals surface area contributed by atoms with Crippen molar-refractivity contribution in [2.45, 2.75) is 32.2 Å². The van der Waals surface area contributed by atoms with Gasteiger partial charge in [0.05, 0.1) is 5.41 Å². The number of ether oxygens (including phenoxy) is 3. The second-order valence-electron chi connectivity index (χ2n) is 8.89. The number of fused-ring (bicyclic) bond motifs is 1. The van der Waals surface area contributed by atoms with Crippen molar-refractivity contribution in [3.8, 4) is 0 Å². The molecule has 0 aliphatic carbocycles. The van der Waals surface area contributed by atoms with Crippen molar-refractivity contribution in [1.82, 2.24) is 20.5 Å². The molecule has 15 nitrogen and oxygen atoms in total. The third kappa shape index (κ3) is 6.16. The molecule has 5 N–H and O–H groups in total. The molecule has 17 heteroatoms. The molecule has 0 bridgehead atoms. The molecule has 2 aliphatic rings. The highest BCUT2D eigenvalue weighted by Gasteiger charge is 2.55. The number of aromatic nitrogens is 1. The minimum atomic E-state index is -1.08. The Morgan fingerprint density at radius 2 is 1.97 bits per heavy atom. The summed E-state index contributed by atoms with van der Waals surface area (Å²) in [6, 6.07) is -1.08. The lowest BCUT2D eigenvalue weighted by Gasteiger charge is -2.49. The van der Waals surface area contributed by atoms with E-state index in [1.807, 2.05) is 0 Å². The van der Waals surface area contributed by atoms with E-state index in [2.05, 4.69) is 20.8 Å².